The van der Waals surface area contributed by atoms with Crippen LogP contribution in [0.1, 0.15) is 5.56 Å². The van der Waals surface area contributed by atoms with Crippen LogP contribution in [0.2, 0.25) is 0 Å². The maximum absolute atomic E-state index is 12.2. The summed E-state index contributed by atoms with van der Waals surface area (Å²) in [5.74, 6) is 0. The number of nitrogens with one attached hydrogen (secondary N) is 1. The van der Waals surface area contributed by atoms with Crippen molar-refractivity contribution in [3.05, 3.63) is 39.9 Å². The Kier molecular flexibility index (Phi) is 5.40. The number of halogens is 6. The standard InChI is InChI=1S/C11H8F6N2O4/c12-10(13,14)8(11(15,16)17)18-9(20)23-5-6-3-1-2-4-7(6)19(21)22/h1-4,8H,5H2,(H,18,20). The second-order valence-electron chi connectivity index (χ2n) is 4.12. The van der Waals surface area contributed by atoms with E-state index in [1.54, 1.807) is 0 Å². The first-order valence-electron chi connectivity index (χ1n) is 5.72. The predicted molar refractivity (Wildman–Crippen MR) is 62.3 cm³/mol. The van der Waals surface area contributed by atoms with E-state index in [2.05, 4.69) is 4.74 Å². The van der Waals surface area contributed by atoms with Crippen LogP contribution >= 0.6 is 0 Å². The third kappa shape index (κ3) is 5.30. The summed E-state index contributed by atoms with van der Waals surface area (Å²) in [6.45, 7) is -0.870. The third-order valence-electron chi connectivity index (χ3n) is 2.46. The molecule has 0 radical (unpaired) electrons. The number of nitrogens with zero attached hydrogens (tertiary/aromatic N) is 1. The lowest BCUT2D eigenvalue weighted by Crippen LogP contribution is -2.54. The lowest BCUT2D eigenvalue weighted by Gasteiger charge is -2.23. The van der Waals surface area contributed by atoms with E-state index in [4.69, 9.17) is 0 Å². The molecule has 0 heterocycles. The molecule has 1 aromatic rings. The number of alkyl carbamates (subject to hydrolysis) is 1. The second kappa shape index (κ2) is 6.71. The average Bonchev–Trinajstić information content (AvgIpc) is 2.40. The van der Waals surface area contributed by atoms with Crippen molar-refractivity contribution in [3.63, 3.8) is 0 Å². The molecule has 1 N–H and O–H groups in total. The van der Waals surface area contributed by atoms with Crippen LogP contribution in [-0.2, 0) is 11.3 Å². The molecule has 0 aliphatic rings. The minimum Gasteiger partial charge on any atom is -0.444 e. The summed E-state index contributed by atoms with van der Waals surface area (Å²) in [5.41, 5.74) is -0.688. The van der Waals surface area contributed by atoms with Gasteiger partial charge in [-0.05, 0) is 6.07 Å². The Morgan fingerprint density at radius 1 is 1.17 bits per heavy atom. The first-order valence-corrected chi connectivity index (χ1v) is 5.72. The number of benzene rings is 1. The molecule has 0 saturated carbocycles. The Hall–Kier alpha value is -2.53. The molecule has 0 unspecified atom stereocenters. The van der Waals surface area contributed by atoms with Crippen LogP contribution in [-0.4, -0.2) is 29.4 Å². The summed E-state index contributed by atoms with van der Waals surface area (Å²) >= 11 is 0. The maximum atomic E-state index is 12.2. The van der Waals surface area contributed by atoms with Gasteiger partial charge in [0.05, 0.1) is 10.5 Å². The fourth-order valence-corrected chi connectivity index (χ4v) is 1.46. The van der Waals surface area contributed by atoms with Gasteiger partial charge in [0.2, 0.25) is 6.04 Å². The topological polar surface area (TPSA) is 81.5 Å². The highest BCUT2D eigenvalue weighted by molar-refractivity contribution is 5.68. The molecule has 0 aliphatic heterocycles. The van der Waals surface area contributed by atoms with E-state index < -0.39 is 41.7 Å². The number of alkyl halides is 6. The highest BCUT2D eigenvalue weighted by Crippen LogP contribution is 2.33. The highest BCUT2D eigenvalue weighted by Gasteiger charge is 2.57. The number of ether oxygens (including phenoxy) is 1. The van der Waals surface area contributed by atoms with E-state index in [-0.39, 0.29) is 5.56 Å². The lowest BCUT2D eigenvalue weighted by atomic mass is 10.2. The largest absolute Gasteiger partial charge is 0.444 e. The van der Waals surface area contributed by atoms with E-state index in [0.29, 0.717) is 5.32 Å². The molecule has 23 heavy (non-hydrogen) atoms. The van der Waals surface area contributed by atoms with E-state index in [0.717, 1.165) is 12.1 Å². The quantitative estimate of drug-likeness (QED) is 0.515. The number of hydrogen-bond donors (Lipinski definition) is 1. The normalized spacial score (nSPS) is 12.1. The fourth-order valence-electron chi connectivity index (χ4n) is 1.46. The van der Waals surface area contributed by atoms with Crippen molar-refractivity contribution in [2.24, 2.45) is 0 Å². The number of hydrogen-bond acceptors (Lipinski definition) is 4. The molecular weight excluding hydrogens is 338 g/mol. The van der Waals surface area contributed by atoms with Crippen molar-refractivity contribution < 1.29 is 40.8 Å². The van der Waals surface area contributed by atoms with Crippen molar-refractivity contribution in [1.82, 2.24) is 5.32 Å². The summed E-state index contributed by atoms with van der Waals surface area (Å²) in [5, 5.41) is 11.3. The number of rotatable bonds is 4. The molecule has 0 aromatic heterocycles. The molecule has 1 aromatic carbocycles. The Balaban J connectivity index is 2.76. The number of carbonyl (C=O) groups is 1. The van der Waals surface area contributed by atoms with E-state index in [1.165, 1.54) is 12.1 Å². The van der Waals surface area contributed by atoms with Gasteiger partial charge in [0.25, 0.3) is 5.69 Å². The van der Waals surface area contributed by atoms with Crippen molar-refractivity contribution in [2.75, 3.05) is 0 Å². The molecule has 6 nitrogen and oxygen atoms in total. The van der Waals surface area contributed by atoms with Crippen LogP contribution in [0.5, 0.6) is 0 Å². The van der Waals surface area contributed by atoms with Gasteiger partial charge in [-0.1, -0.05) is 12.1 Å². The molecule has 0 spiro atoms. The molecular formula is C11H8F6N2O4. The van der Waals surface area contributed by atoms with Gasteiger partial charge in [-0.3, -0.25) is 10.1 Å². The van der Waals surface area contributed by atoms with Gasteiger partial charge < -0.3 is 10.1 Å². The first kappa shape index (κ1) is 18.5. The molecule has 0 aliphatic carbocycles. The Morgan fingerprint density at radius 2 is 1.70 bits per heavy atom. The van der Waals surface area contributed by atoms with Crippen LogP contribution in [0.25, 0.3) is 0 Å². The Bertz CT molecular complexity index is 573. The molecule has 1 amide bonds. The number of amides is 1. The van der Waals surface area contributed by atoms with Gasteiger partial charge in [0.1, 0.15) is 6.61 Å². The third-order valence-corrected chi connectivity index (χ3v) is 2.46. The van der Waals surface area contributed by atoms with Crippen LogP contribution in [0.4, 0.5) is 36.8 Å². The summed E-state index contributed by atoms with van der Waals surface area (Å²) in [6.07, 6.45) is -13.5. The highest BCUT2D eigenvalue weighted by atomic mass is 19.4. The molecule has 0 saturated heterocycles. The van der Waals surface area contributed by atoms with Crippen molar-refractivity contribution in [3.8, 4) is 0 Å². The fraction of sp³-hybridized carbons (Fsp3) is 0.364. The SMILES string of the molecule is O=C(NC(C(F)(F)F)C(F)(F)F)OCc1ccccc1[N+](=O)[O-]. The van der Waals surface area contributed by atoms with Gasteiger partial charge in [0, 0.05) is 6.07 Å². The zero-order valence-electron chi connectivity index (χ0n) is 10.9. The number of carbonyl (C=O) groups excluding carboxylic acids is 1. The smallest absolute Gasteiger partial charge is 0.417 e. The molecule has 12 heteroatoms. The van der Waals surface area contributed by atoms with Crippen LogP contribution < -0.4 is 5.32 Å². The molecule has 0 bridgehead atoms. The van der Waals surface area contributed by atoms with Gasteiger partial charge >= 0.3 is 18.4 Å². The van der Waals surface area contributed by atoms with Gasteiger partial charge in [-0.25, -0.2) is 4.79 Å². The summed E-state index contributed by atoms with van der Waals surface area (Å²) < 4.78 is 77.6. The predicted octanol–water partition coefficient (Wildman–Crippen LogP) is 3.31. The van der Waals surface area contributed by atoms with Gasteiger partial charge in [-0.2, -0.15) is 26.3 Å². The Labute approximate surface area is 124 Å². The maximum Gasteiger partial charge on any atom is 0.417 e. The Morgan fingerprint density at radius 3 is 2.17 bits per heavy atom. The monoisotopic (exact) mass is 346 g/mol. The first-order chi connectivity index (χ1) is 10.4. The minimum absolute atomic E-state index is 0.191. The lowest BCUT2D eigenvalue weighted by molar-refractivity contribution is -0.385. The molecule has 128 valence electrons. The van der Waals surface area contributed by atoms with Crippen LogP contribution in [0.3, 0.4) is 0 Å². The van der Waals surface area contributed by atoms with E-state index in [1.807, 2.05) is 0 Å². The number of nitro benzene ring substituents is 1. The van der Waals surface area contributed by atoms with Crippen molar-refractivity contribution in [1.29, 1.82) is 0 Å². The van der Waals surface area contributed by atoms with Crippen LogP contribution in [0, 0.1) is 10.1 Å². The zero-order valence-corrected chi connectivity index (χ0v) is 10.9. The zero-order chi connectivity index (χ0) is 17.8. The van der Waals surface area contributed by atoms with Gasteiger partial charge in [0.15, 0.2) is 0 Å². The summed E-state index contributed by atoms with van der Waals surface area (Å²) in [6, 6.07) is 0.665. The summed E-state index contributed by atoms with van der Waals surface area (Å²) in [4.78, 5) is 20.9. The van der Waals surface area contributed by atoms with E-state index in [9.17, 15) is 41.3 Å². The minimum atomic E-state index is -5.77. The molecule has 1 rings (SSSR count). The van der Waals surface area contributed by atoms with Crippen LogP contribution in [0.15, 0.2) is 24.3 Å². The van der Waals surface area contributed by atoms with E-state index >= 15 is 0 Å². The summed E-state index contributed by atoms with van der Waals surface area (Å²) in [7, 11) is 0. The molecule has 0 atom stereocenters. The number of nitro groups is 1. The average molecular weight is 346 g/mol. The van der Waals surface area contributed by atoms with Gasteiger partial charge in [-0.15, -0.1) is 0 Å². The molecule has 0 fully saturated rings. The second-order valence-corrected chi connectivity index (χ2v) is 4.12. The van der Waals surface area contributed by atoms with Crippen molar-refractivity contribution >= 4 is 11.8 Å². The van der Waals surface area contributed by atoms with Crippen molar-refractivity contribution in [2.45, 2.75) is 25.0 Å². The number of para-hydroxylation sites is 1.